The predicted molar refractivity (Wildman–Crippen MR) is 114 cm³/mol. The van der Waals surface area contributed by atoms with E-state index < -0.39 is 5.91 Å². The molecule has 2 aliphatic rings. The number of hydrogen-bond acceptors (Lipinski definition) is 8. The first kappa shape index (κ1) is 20.9. The summed E-state index contributed by atoms with van der Waals surface area (Å²) >= 11 is 0.860. The molecule has 1 aromatic carbocycles. The second-order valence-electron chi connectivity index (χ2n) is 7.04. The number of thioether (sulfide) groups is 1. The largest absolute Gasteiger partial charge is 0.474 e. The van der Waals surface area contributed by atoms with Crippen molar-refractivity contribution >= 4 is 34.9 Å². The van der Waals surface area contributed by atoms with Crippen molar-refractivity contribution in [2.75, 3.05) is 13.1 Å². The number of nitrogens with one attached hydrogen (secondary N) is 1. The maximum absolute atomic E-state index is 11.7. The molecule has 3 amide bonds. The van der Waals surface area contributed by atoms with Crippen LogP contribution >= 0.6 is 11.8 Å². The van der Waals surface area contributed by atoms with Crippen LogP contribution < -0.4 is 14.8 Å². The Morgan fingerprint density at radius 3 is 2.68 bits per heavy atom. The molecule has 0 atom stereocenters. The van der Waals surface area contributed by atoms with Gasteiger partial charge in [0.25, 0.3) is 11.1 Å². The van der Waals surface area contributed by atoms with E-state index in [9.17, 15) is 14.4 Å². The molecule has 31 heavy (non-hydrogen) atoms. The van der Waals surface area contributed by atoms with Crippen LogP contribution in [0.3, 0.4) is 0 Å². The van der Waals surface area contributed by atoms with Crippen LogP contribution in [0.1, 0.15) is 25.3 Å². The molecule has 2 aromatic rings. The van der Waals surface area contributed by atoms with Crippen LogP contribution in [0.15, 0.2) is 41.6 Å². The van der Waals surface area contributed by atoms with Gasteiger partial charge < -0.3 is 14.4 Å². The first-order valence-corrected chi connectivity index (χ1v) is 10.5. The summed E-state index contributed by atoms with van der Waals surface area (Å²) in [6, 6.07) is 8.70. The lowest BCUT2D eigenvalue weighted by Crippen LogP contribution is -2.40. The zero-order valence-electron chi connectivity index (χ0n) is 16.7. The molecule has 10 heteroatoms. The van der Waals surface area contributed by atoms with Gasteiger partial charge in [0.05, 0.1) is 11.0 Å². The second kappa shape index (κ2) is 9.17. The van der Waals surface area contributed by atoms with Crippen LogP contribution in [0.4, 0.5) is 4.79 Å². The molecule has 3 heterocycles. The monoisotopic (exact) mass is 440 g/mol. The molecule has 0 saturated carbocycles. The molecule has 2 fully saturated rings. The summed E-state index contributed by atoms with van der Waals surface area (Å²) in [6.45, 7) is 2.90. The number of nitrogens with zero attached hydrogens (tertiary/aromatic N) is 3. The van der Waals surface area contributed by atoms with E-state index in [1.165, 1.54) is 6.33 Å². The molecule has 4 rings (SSSR count). The third kappa shape index (κ3) is 5.40. The second-order valence-corrected chi connectivity index (χ2v) is 8.06. The summed E-state index contributed by atoms with van der Waals surface area (Å²) in [5.74, 6) is 0.908. The van der Waals surface area contributed by atoms with Gasteiger partial charge in [0.15, 0.2) is 0 Å². The van der Waals surface area contributed by atoms with Gasteiger partial charge in [0, 0.05) is 32.9 Å². The average Bonchev–Trinajstić information content (AvgIpc) is 3.05. The van der Waals surface area contributed by atoms with Gasteiger partial charge in [-0.3, -0.25) is 19.7 Å². The van der Waals surface area contributed by atoms with Crippen LogP contribution in [-0.2, 0) is 9.59 Å². The number of ether oxygens (including phenoxy) is 2. The van der Waals surface area contributed by atoms with E-state index >= 15 is 0 Å². The maximum Gasteiger partial charge on any atom is 0.290 e. The van der Waals surface area contributed by atoms with Crippen LogP contribution in [0, 0.1) is 0 Å². The lowest BCUT2D eigenvalue weighted by molar-refractivity contribution is -0.130. The number of carbonyl (C=O) groups excluding carboxylic acids is 3. The minimum absolute atomic E-state index is 0.0222. The molecule has 2 saturated heterocycles. The fourth-order valence-corrected chi connectivity index (χ4v) is 3.95. The number of imide groups is 1. The van der Waals surface area contributed by atoms with Crippen LogP contribution in [0.2, 0.25) is 0 Å². The van der Waals surface area contributed by atoms with Crippen molar-refractivity contribution in [3.63, 3.8) is 0 Å². The molecule has 160 valence electrons. The van der Waals surface area contributed by atoms with Crippen molar-refractivity contribution in [2.45, 2.75) is 25.9 Å². The molecular formula is C21H20N4O5S. The molecule has 0 spiro atoms. The summed E-state index contributed by atoms with van der Waals surface area (Å²) in [6.07, 6.45) is 4.45. The Balaban J connectivity index is 1.40. The molecular weight excluding hydrogens is 420 g/mol. The Kier molecular flexibility index (Phi) is 6.17. The SMILES string of the molecule is CC(=O)N1CCC(Oc2cc(Oc3cccc(/C=C4\SC(=O)NC4=O)c3)ncn2)CC1. The van der Waals surface area contributed by atoms with Gasteiger partial charge in [-0.05, 0) is 35.5 Å². The highest BCUT2D eigenvalue weighted by atomic mass is 32.2. The van der Waals surface area contributed by atoms with E-state index in [0.29, 0.717) is 41.1 Å². The highest BCUT2D eigenvalue weighted by Gasteiger charge is 2.25. The summed E-state index contributed by atoms with van der Waals surface area (Å²) in [7, 11) is 0. The van der Waals surface area contributed by atoms with Crippen molar-refractivity contribution < 1.29 is 23.9 Å². The van der Waals surface area contributed by atoms with Crippen LogP contribution in [0.25, 0.3) is 6.08 Å². The summed E-state index contributed by atoms with van der Waals surface area (Å²) in [5, 5.41) is 1.84. The number of likely N-dealkylation sites (tertiary alicyclic amines) is 1. The van der Waals surface area contributed by atoms with Crippen LogP contribution in [0.5, 0.6) is 17.5 Å². The van der Waals surface area contributed by atoms with Gasteiger partial charge in [-0.25, -0.2) is 9.97 Å². The standard InChI is InChI=1S/C21H20N4O5S/c1-13(26)25-7-5-15(6-8-25)29-18-11-19(23-12-22-18)30-16-4-2-3-14(9-16)10-17-20(27)24-21(28)31-17/h2-4,9-12,15H,5-8H2,1H3,(H,24,27,28)/b17-10-. The van der Waals surface area contributed by atoms with E-state index in [-0.39, 0.29) is 17.3 Å². The normalized spacial score (nSPS) is 18.2. The molecule has 0 unspecified atom stereocenters. The van der Waals surface area contributed by atoms with Crippen molar-refractivity contribution in [2.24, 2.45) is 0 Å². The van der Waals surface area contributed by atoms with Gasteiger partial charge >= 0.3 is 0 Å². The van der Waals surface area contributed by atoms with E-state index in [0.717, 1.165) is 24.6 Å². The number of piperidine rings is 1. The Hall–Kier alpha value is -3.40. The summed E-state index contributed by atoms with van der Waals surface area (Å²) in [5.41, 5.74) is 0.715. The number of carbonyl (C=O) groups is 3. The Bertz CT molecular complexity index is 1050. The minimum atomic E-state index is -0.409. The molecule has 0 bridgehead atoms. The van der Waals surface area contributed by atoms with Gasteiger partial charge in [0.2, 0.25) is 17.7 Å². The predicted octanol–water partition coefficient (Wildman–Crippen LogP) is 2.98. The topological polar surface area (TPSA) is 111 Å². The van der Waals surface area contributed by atoms with E-state index in [4.69, 9.17) is 9.47 Å². The Morgan fingerprint density at radius 2 is 1.97 bits per heavy atom. The lowest BCUT2D eigenvalue weighted by atomic mass is 10.1. The number of benzene rings is 1. The van der Waals surface area contributed by atoms with Gasteiger partial charge in [-0.2, -0.15) is 0 Å². The average molecular weight is 440 g/mol. The van der Waals surface area contributed by atoms with Gasteiger partial charge in [0.1, 0.15) is 18.2 Å². The Labute approximate surface area is 182 Å². The van der Waals surface area contributed by atoms with Crippen molar-refractivity contribution in [1.82, 2.24) is 20.2 Å². The zero-order valence-corrected chi connectivity index (χ0v) is 17.6. The van der Waals surface area contributed by atoms with Crippen molar-refractivity contribution in [3.05, 3.63) is 47.1 Å². The lowest BCUT2D eigenvalue weighted by Gasteiger charge is -2.31. The summed E-state index contributed by atoms with van der Waals surface area (Å²) in [4.78, 5) is 44.9. The van der Waals surface area contributed by atoms with E-state index in [1.807, 2.05) is 0 Å². The fourth-order valence-electron chi connectivity index (χ4n) is 3.26. The first-order valence-electron chi connectivity index (χ1n) is 9.73. The van der Waals surface area contributed by atoms with Gasteiger partial charge in [-0.1, -0.05) is 12.1 Å². The maximum atomic E-state index is 11.7. The highest BCUT2D eigenvalue weighted by Crippen LogP contribution is 2.28. The number of hydrogen-bond donors (Lipinski definition) is 1. The molecule has 1 N–H and O–H groups in total. The number of amides is 3. The van der Waals surface area contributed by atoms with Gasteiger partial charge in [-0.15, -0.1) is 0 Å². The van der Waals surface area contributed by atoms with E-state index in [1.54, 1.807) is 48.2 Å². The van der Waals surface area contributed by atoms with Crippen molar-refractivity contribution in [1.29, 1.82) is 0 Å². The first-order chi connectivity index (χ1) is 15.0. The molecule has 0 radical (unpaired) electrons. The number of rotatable bonds is 5. The fraction of sp³-hybridized carbons (Fsp3) is 0.286. The molecule has 9 nitrogen and oxygen atoms in total. The third-order valence-electron chi connectivity index (χ3n) is 4.81. The smallest absolute Gasteiger partial charge is 0.290 e. The minimum Gasteiger partial charge on any atom is -0.474 e. The zero-order chi connectivity index (χ0) is 21.8. The molecule has 2 aliphatic heterocycles. The van der Waals surface area contributed by atoms with Crippen LogP contribution in [-0.4, -0.2) is 51.1 Å². The number of aromatic nitrogens is 2. The third-order valence-corrected chi connectivity index (χ3v) is 5.62. The van der Waals surface area contributed by atoms with E-state index in [2.05, 4.69) is 15.3 Å². The highest BCUT2D eigenvalue weighted by molar-refractivity contribution is 8.18. The quantitative estimate of drug-likeness (QED) is 0.707. The molecule has 0 aliphatic carbocycles. The molecule has 1 aromatic heterocycles. The van der Waals surface area contributed by atoms with Crippen molar-refractivity contribution in [3.8, 4) is 17.5 Å². The summed E-state index contributed by atoms with van der Waals surface area (Å²) < 4.78 is 11.8. The Morgan fingerprint density at radius 1 is 1.19 bits per heavy atom.